The van der Waals surface area contributed by atoms with E-state index >= 15 is 0 Å². The number of rotatable bonds is 6. The first-order valence-electron chi connectivity index (χ1n) is 9.52. The maximum absolute atomic E-state index is 12.5. The van der Waals surface area contributed by atoms with Crippen LogP contribution in [-0.4, -0.2) is 69.2 Å². The molecule has 0 aliphatic carbocycles. The summed E-state index contributed by atoms with van der Waals surface area (Å²) in [6, 6.07) is 8.25. The number of morpholine rings is 1. The smallest absolute Gasteiger partial charge is 0.224 e. The zero-order valence-corrected chi connectivity index (χ0v) is 16.7. The van der Waals surface area contributed by atoms with Crippen LogP contribution in [0.4, 0.5) is 0 Å². The number of piperidine rings is 1. The van der Waals surface area contributed by atoms with Crippen LogP contribution in [-0.2, 0) is 32.6 Å². The van der Waals surface area contributed by atoms with Gasteiger partial charge in [0.05, 0.1) is 25.4 Å². The minimum absolute atomic E-state index is 0.0677. The molecule has 0 saturated carbocycles. The van der Waals surface area contributed by atoms with Gasteiger partial charge in [-0.05, 0) is 24.0 Å². The van der Waals surface area contributed by atoms with Gasteiger partial charge >= 0.3 is 0 Å². The summed E-state index contributed by atoms with van der Waals surface area (Å²) >= 11 is 0. The Hall–Kier alpha value is -1.48. The summed E-state index contributed by atoms with van der Waals surface area (Å²) in [6.07, 6.45) is 2.66. The summed E-state index contributed by atoms with van der Waals surface area (Å²) in [7, 11) is -3.24. The molecular weight excluding hydrogens is 366 g/mol. The minimum Gasteiger partial charge on any atom is -0.379 e. The molecule has 1 aromatic carbocycles. The number of amides is 1. The Morgan fingerprint density at radius 2 is 1.96 bits per heavy atom. The molecule has 1 amide bonds. The van der Waals surface area contributed by atoms with Crippen LogP contribution in [0.2, 0.25) is 0 Å². The van der Waals surface area contributed by atoms with Crippen molar-refractivity contribution >= 4 is 15.9 Å². The Kier molecular flexibility index (Phi) is 6.86. The molecule has 2 heterocycles. The van der Waals surface area contributed by atoms with E-state index in [4.69, 9.17) is 4.74 Å². The molecule has 0 aromatic heterocycles. The van der Waals surface area contributed by atoms with E-state index in [9.17, 15) is 13.2 Å². The van der Waals surface area contributed by atoms with Crippen molar-refractivity contribution in [3.8, 4) is 0 Å². The molecule has 0 bridgehead atoms. The zero-order valence-electron chi connectivity index (χ0n) is 15.9. The van der Waals surface area contributed by atoms with Gasteiger partial charge in [-0.1, -0.05) is 24.3 Å². The van der Waals surface area contributed by atoms with Gasteiger partial charge in [0.1, 0.15) is 0 Å². The Morgan fingerprint density at radius 1 is 1.22 bits per heavy atom. The fourth-order valence-corrected chi connectivity index (χ4v) is 4.56. The number of hydrogen-bond donors (Lipinski definition) is 1. The van der Waals surface area contributed by atoms with Gasteiger partial charge in [0.2, 0.25) is 15.9 Å². The van der Waals surface area contributed by atoms with Crippen molar-refractivity contribution in [1.82, 2.24) is 14.5 Å². The van der Waals surface area contributed by atoms with Gasteiger partial charge in [-0.3, -0.25) is 9.69 Å². The molecule has 2 fully saturated rings. The largest absolute Gasteiger partial charge is 0.379 e. The molecule has 2 aliphatic heterocycles. The fraction of sp³-hybridized carbons (Fsp3) is 0.632. The minimum atomic E-state index is -3.24. The molecule has 2 aliphatic rings. The number of carbonyl (C=O) groups excluding carboxylic acids is 1. The van der Waals surface area contributed by atoms with Crippen LogP contribution in [0.25, 0.3) is 0 Å². The molecule has 1 aromatic rings. The van der Waals surface area contributed by atoms with E-state index < -0.39 is 10.0 Å². The number of nitrogens with one attached hydrogen (secondary N) is 1. The van der Waals surface area contributed by atoms with Gasteiger partial charge in [-0.25, -0.2) is 12.7 Å². The second-order valence-corrected chi connectivity index (χ2v) is 9.37. The first-order valence-corrected chi connectivity index (χ1v) is 11.4. The summed E-state index contributed by atoms with van der Waals surface area (Å²) < 4.78 is 30.2. The third kappa shape index (κ3) is 6.00. The maximum atomic E-state index is 12.5. The Balaban J connectivity index is 1.52. The Bertz CT molecular complexity index is 747. The predicted molar refractivity (Wildman–Crippen MR) is 104 cm³/mol. The molecular formula is C19H29N3O4S. The zero-order chi connectivity index (χ0) is 19.3. The van der Waals surface area contributed by atoms with Crippen molar-refractivity contribution in [2.75, 3.05) is 45.6 Å². The van der Waals surface area contributed by atoms with Gasteiger partial charge in [0.15, 0.2) is 0 Å². The first kappa shape index (κ1) is 20.3. The SMILES string of the molecule is CS(=O)(=O)N1CCC[C@@H](C(=O)NCc2cccc(CN3CCOCC3)c2)C1. The maximum Gasteiger partial charge on any atom is 0.224 e. The number of hydrogen-bond acceptors (Lipinski definition) is 5. The van der Waals surface area contributed by atoms with E-state index in [0.717, 1.165) is 51.3 Å². The molecule has 8 heteroatoms. The van der Waals surface area contributed by atoms with E-state index in [2.05, 4.69) is 22.3 Å². The standard InChI is InChI=1S/C19H29N3O4S/c1-27(24,25)22-7-3-6-18(15-22)19(23)20-13-16-4-2-5-17(12-16)14-21-8-10-26-11-9-21/h2,4-5,12,18H,3,6-11,13-15H2,1H3,(H,20,23)/t18-/m1/s1. The van der Waals surface area contributed by atoms with Crippen LogP contribution < -0.4 is 5.32 Å². The number of nitrogens with zero attached hydrogens (tertiary/aromatic N) is 2. The van der Waals surface area contributed by atoms with E-state index in [-0.39, 0.29) is 18.4 Å². The number of sulfonamides is 1. The number of benzene rings is 1. The second-order valence-electron chi connectivity index (χ2n) is 7.39. The predicted octanol–water partition coefficient (Wildman–Crippen LogP) is 0.807. The summed E-state index contributed by atoms with van der Waals surface area (Å²) in [4.78, 5) is 14.9. The van der Waals surface area contributed by atoms with E-state index in [1.54, 1.807) is 0 Å². The average molecular weight is 396 g/mol. The highest BCUT2D eigenvalue weighted by atomic mass is 32.2. The van der Waals surface area contributed by atoms with Gasteiger partial charge in [-0.2, -0.15) is 0 Å². The van der Waals surface area contributed by atoms with Crippen molar-refractivity contribution in [3.05, 3.63) is 35.4 Å². The molecule has 0 radical (unpaired) electrons. The lowest BCUT2D eigenvalue weighted by Crippen LogP contribution is -2.44. The molecule has 27 heavy (non-hydrogen) atoms. The van der Waals surface area contributed by atoms with Gasteiger partial charge in [-0.15, -0.1) is 0 Å². The Labute approximate surface area is 161 Å². The van der Waals surface area contributed by atoms with Crippen molar-refractivity contribution in [2.24, 2.45) is 5.92 Å². The van der Waals surface area contributed by atoms with Crippen molar-refractivity contribution in [1.29, 1.82) is 0 Å². The summed E-state index contributed by atoms with van der Waals surface area (Å²) in [6.45, 7) is 5.58. The van der Waals surface area contributed by atoms with Crippen molar-refractivity contribution < 1.29 is 17.9 Å². The molecule has 1 atom stereocenters. The average Bonchev–Trinajstić information content (AvgIpc) is 2.67. The molecule has 2 saturated heterocycles. The monoisotopic (exact) mass is 395 g/mol. The Morgan fingerprint density at radius 3 is 2.70 bits per heavy atom. The van der Waals surface area contributed by atoms with Crippen LogP contribution in [0, 0.1) is 5.92 Å². The van der Waals surface area contributed by atoms with Crippen LogP contribution in [0.1, 0.15) is 24.0 Å². The van der Waals surface area contributed by atoms with Crippen LogP contribution in [0.5, 0.6) is 0 Å². The lowest BCUT2D eigenvalue weighted by Gasteiger charge is -2.30. The number of carbonyl (C=O) groups is 1. The molecule has 0 unspecified atom stereocenters. The van der Waals surface area contributed by atoms with Gasteiger partial charge in [0.25, 0.3) is 0 Å². The highest BCUT2D eigenvalue weighted by molar-refractivity contribution is 7.88. The first-order chi connectivity index (χ1) is 12.9. The van der Waals surface area contributed by atoms with Crippen molar-refractivity contribution in [3.63, 3.8) is 0 Å². The van der Waals surface area contributed by atoms with E-state index in [0.29, 0.717) is 13.1 Å². The topological polar surface area (TPSA) is 79.0 Å². The molecule has 150 valence electrons. The third-order valence-electron chi connectivity index (χ3n) is 5.19. The van der Waals surface area contributed by atoms with Crippen molar-refractivity contribution in [2.45, 2.75) is 25.9 Å². The summed E-state index contributed by atoms with van der Waals surface area (Å²) in [5, 5.41) is 2.98. The fourth-order valence-electron chi connectivity index (χ4n) is 3.65. The number of ether oxygens (including phenoxy) is 1. The molecule has 0 spiro atoms. The van der Waals surface area contributed by atoms with E-state index in [1.165, 1.54) is 16.1 Å². The van der Waals surface area contributed by atoms with Crippen LogP contribution >= 0.6 is 0 Å². The summed E-state index contributed by atoms with van der Waals surface area (Å²) in [5.41, 5.74) is 2.29. The molecule has 1 N–H and O–H groups in total. The third-order valence-corrected chi connectivity index (χ3v) is 6.46. The van der Waals surface area contributed by atoms with Gasteiger partial charge < -0.3 is 10.1 Å². The lowest BCUT2D eigenvalue weighted by molar-refractivity contribution is -0.126. The normalized spacial score (nSPS) is 22.5. The highest BCUT2D eigenvalue weighted by Crippen LogP contribution is 2.19. The lowest BCUT2D eigenvalue weighted by atomic mass is 9.98. The second kappa shape index (κ2) is 9.14. The van der Waals surface area contributed by atoms with Gasteiger partial charge in [0, 0.05) is 39.3 Å². The van der Waals surface area contributed by atoms with E-state index in [1.807, 2.05) is 12.1 Å². The molecule has 3 rings (SSSR count). The van der Waals surface area contributed by atoms with Crippen LogP contribution in [0.3, 0.4) is 0 Å². The van der Waals surface area contributed by atoms with Crippen LogP contribution in [0.15, 0.2) is 24.3 Å². The quantitative estimate of drug-likeness (QED) is 0.771. The summed E-state index contributed by atoms with van der Waals surface area (Å²) in [5.74, 6) is -0.341. The highest BCUT2D eigenvalue weighted by Gasteiger charge is 2.29. The molecule has 7 nitrogen and oxygen atoms in total.